The van der Waals surface area contributed by atoms with E-state index in [2.05, 4.69) is 24.5 Å². The minimum atomic E-state index is -0.545. The van der Waals surface area contributed by atoms with Crippen molar-refractivity contribution >= 4 is 23.1 Å². The number of phenolic OH excluding ortho intramolecular Hbond substituents is 1. The van der Waals surface area contributed by atoms with Gasteiger partial charge in [0.1, 0.15) is 12.0 Å². The van der Waals surface area contributed by atoms with Crippen LogP contribution >= 0.6 is 0 Å². The summed E-state index contributed by atoms with van der Waals surface area (Å²) in [5, 5.41) is 11.7. The summed E-state index contributed by atoms with van der Waals surface area (Å²) < 4.78 is 7.87. The molecule has 194 valence electrons. The number of nitrogens with zero attached hydrogens (tertiary/aromatic N) is 2. The lowest BCUT2D eigenvalue weighted by Gasteiger charge is -2.31. The smallest absolute Gasteiger partial charge is 0.231 e. The van der Waals surface area contributed by atoms with Crippen LogP contribution in [-0.4, -0.2) is 53.1 Å². The van der Waals surface area contributed by atoms with Crippen molar-refractivity contribution in [3.8, 4) is 17.0 Å². The van der Waals surface area contributed by atoms with E-state index in [1.165, 1.54) is 16.6 Å². The van der Waals surface area contributed by atoms with Crippen LogP contribution in [0, 0.1) is 5.41 Å². The van der Waals surface area contributed by atoms with E-state index in [-0.39, 0.29) is 17.6 Å². The minimum absolute atomic E-state index is 0.0674. The summed E-state index contributed by atoms with van der Waals surface area (Å²) in [7, 11) is 0. The molecule has 1 aromatic heterocycles. The van der Waals surface area contributed by atoms with Gasteiger partial charge in [0, 0.05) is 47.6 Å². The number of amides is 1. The number of ether oxygens (including phenoxy) is 1. The normalized spacial score (nSPS) is 22.4. The number of rotatable bonds is 7. The van der Waals surface area contributed by atoms with Crippen LogP contribution in [0.3, 0.4) is 0 Å². The number of aromatic nitrogens is 1. The van der Waals surface area contributed by atoms with Crippen LogP contribution in [0.15, 0.2) is 36.4 Å². The molecule has 1 saturated heterocycles. The van der Waals surface area contributed by atoms with E-state index in [9.17, 15) is 14.7 Å². The number of benzene rings is 2. The van der Waals surface area contributed by atoms with E-state index in [4.69, 9.17) is 4.74 Å². The van der Waals surface area contributed by atoms with Crippen LogP contribution in [0.2, 0.25) is 0 Å². The minimum Gasteiger partial charge on any atom is -0.508 e. The maximum atomic E-state index is 14.1. The Balaban J connectivity index is 1.62. The summed E-state index contributed by atoms with van der Waals surface area (Å²) in [6.45, 7) is 7.45. The molecular formula is C31H36N2O4. The van der Waals surface area contributed by atoms with Gasteiger partial charge in [0.15, 0.2) is 0 Å². The standard InChI is InChI=1S/C31H36N2O4/c1-3-5-21(6-4-2)28-24-9-7-20(18-34)15-27(24)33-19-31(30(36)32-11-13-37-14-12-32)17-26(31)25-16-22(35)8-10-23(25)29(28)33/h7-10,15-16,18,21,26,35H,3-6,11-14,17,19H2,1-2H3. The molecule has 3 heterocycles. The monoisotopic (exact) mass is 500 g/mol. The molecule has 0 spiro atoms. The lowest BCUT2D eigenvalue weighted by molar-refractivity contribution is -0.141. The van der Waals surface area contributed by atoms with Crippen molar-refractivity contribution in [2.75, 3.05) is 26.3 Å². The third-order valence-electron chi connectivity index (χ3n) is 8.85. The van der Waals surface area contributed by atoms with E-state index < -0.39 is 5.41 Å². The first-order chi connectivity index (χ1) is 18.0. The first-order valence-corrected chi connectivity index (χ1v) is 13.8. The Bertz CT molecular complexity index is 1360. The van der Waals surface area contributed by atoms with Crippen molar-refractivity contribution in [2.24, 2.45) is 5.41 Å². The molecule has 2 atom stereocenters. The van der Waals surface area contributed by atoms with Crippen molar-refractivity contribution in [1.82, 2.24) is 9.47 Å². The van der Waals surface area contributed by atoms with Gasteiger partial charge in [0.2, 0.25) is 5.91 Å². The highest BCUT2D eigenvalue weighted by molar-refractivity contribution is 5.98. The molecule has 2 aliphatic heterocycles. The largest absolute Gasteiger partial charge is 0.508 e. The van der Waals surface area contributed by atoms with Crippen molar-refractivity contribution < 1.29 is 19.4 Å². The number of hydrogen-bond acceptors (Lipinski definition) is 4. The molecule has 2 fully saturated rings. The number of aromatic hydroxyl groups is 1. The molecule has 6 rings (SSSR count). The molecule has 6 heteroatoms. The zero-order valence-corrected chi connectivity index (χ0v) is 21.8. The Morgan fingerprint density at radius 1 is 1.14 bits per heavy atom. The molecule has 0 bridgehead atoms. The number of carbonyl (C=O) groups is 2. The molecule has 2 aromatic carbocycles. The Morgan fingerprint density at radius 3 is 2.59 bits per heavy atom. The predicted molar refractivity (Wildman–Crippen MR) is 144 cm³/mol. The van der Waals surface area contributed by atoms with Crippen molar-refractivity contribution in [3.63, 3.8) is 0 Å². The first kappa shape index (κ1) is 24.2. The molecule has 1 amide bonds. The molecule has 1 aliphatic carbocycles. The van der Waals surface area contributed by atoms with Crippen LogP contribution in [-0.2, 0) is 16.1 Å². The number of phenols is 1. The molecule has 2 unspecified atom stereocenters. The number of morpholine rings is 1. The average Bonchev–Trinajstić information content (AvgIpc) is 3.59. The van der Waals surface area contributed by atoms with Crippen LogP contribution in [0.4, 0.5) is 0 Å². The summed E-state index contributed by atoms with van der Waals surface area (Å²) in [5.74, 6) is 0.888. The van der Waals surface area contributed by atoms with Crippen molar-refractivity contribution in [3.05, 3.63) is 53.1 Å². The number of carbonyl (C=O) groups excluding carboxylic acids is 2. The van der Waals surface area contributed by atoms with Crippen LogP contribution in [0.5, 0.6) is 5.75 Å². The van der Waals surface area contributed by atoms with Gasteiger partial charge in [-0.05, 0) is 60.6 Å². The average molecular weight is 501 g/mol. The third-order valence-corrected chi connectivity index (χ3v) is 8.85. The quantitative estimate of drug-likeness (QED) is 0.413. The van der Waals surface area contributed by atoms with Crippen molar-refractivity contribution in [1.29, 1.82) is 0 Å². The predicted octanol–water partition coefficient (Wildman–Crippen LogP) is 5.86. The lowest BCUT2D eigenvalue weighted by atomic mass is 9.85. The van der Waals surface area contributed by atoms with E-state index >= 15 is 0 Å². The van der Waals surface area contributed by atoms with E-state index in [0.29, 0.717) is 44.3 Å². The number of fused-ring (bicyclic) bond motifs is 7. The van der Waals surface area contributed by atoms with Gasteiger partial charge in [-0.3, -0.25) is 9.59 Å². The number of hydrogen-bond donors (Lipinski definition) is 1. The van der Waals surface area contributed by atoms with Crippen LogP contribution in [0.1, 0.15) is 79.3 Å². The Labute approximate surface area is 218 Å². The SMILES string of the molecule is CCCC(CCC)c1c2n(c3cc(C=O)ccc13)CC1(C(=O)N3CCOCC3)CC1c1cc(O)ccc1-2. The van der Waals surface area contributed by atoms with Crippen LogP contribution in [0.25, 0.3) is 22.2 Å². The molecule has 6 nitrogen and oxygen atoms in total. The second kappa shape index (κ2) is 9.32. The van der Waals surface area contributed by atoms with E-state index in [1.807, 2.05) is 29.2 Å². The Morgan fingerprint density at radius 2 is 1.89 bits per heavy atom. The fourth-order valence-corrected chi connectivity index (χ4v) is 7.07. The Kier molecular flexibility index (Phi) is 6.10. The molecule has 0 radical (unpaired) electrons. The highest BCUT2D eigenvalue weighted by Crippen LogP contribution is 2.66. The van der Waals surface area contributed by atoms with Gasteiger partial charge in [-0.2, -0.15) is 0 Å². The zero-order valence-electron chi connectivity index (χ0n) is 21.8. The molecule has 1 saturated carbocycles. The first-order valence-electron chi connectivity index (χ1n) is 13.8. The highest BCUT2D eigenvalue weighted by atomic mass is 16.5. The Hall–Kier alpha value is -3.12. The summed E-state index contributed by atoms with van der Waals surface area (Å²) in [5.41, 5.74) is 5.83. The maximum Gasteiger partial charge on any atom is 0.231 e. The maximum absolute atomic E-state index is 14.1. The zero-order chi connectivity index (χ0) is 25.7. The van der Waals surface area contributed by atoms with Crippen LogP contribution < -0.4 is 0 Å². The fourth-order valence-electron chi connectivity index (χ4n) is 7.07. The van der Waals surface area contributed by atoms with Crippen molar-refractivity contribution in [2.45, 2.75) is 64.3 Å². The van der Waals surface area contributed by atoms with E-state index in [0.717, 1.165) is 55.0 Å². The molecule has 3 aliphatic rings. The van der Waals surface area contributed by atoms with Gasteiger partial charge in [0.25, 0.3) is 0 Å². The number of aldehydes is 1. The summed E-state index contributed by atoms with van der Waals surface area (Å²) in [6.07, 6.45) is 6.04. The van der Waals surface area contributed by atoms with Gasteiger partial charge < -0.3 is 19.3 Å². The lowest BCUT2D eigenvalue weighted by Crippen LogP contribution is -2.45. The van der Waals surface area contributed by atoms with Gasteiger partial charge in [-0.15, -0.1) is 0 Å². The topological polar surface area (TPSA) is 71.8 Å². The highest BCUT2D eigenvalue weighted by Gasteiger charge is 2.63. The fraction of sp³-hybridized carbons (Fsp3) is 0.484. The molecule has 37 heavy (non-hydrogen) atoms. The second-order valence-corrected chi connectivity index (χ2v) is 11.1. The summed E-state index contributed by atoms with van der Waals surface area (Å²) in [4.78, 5) is 27.9. The van der Waals surface area contributed by atoms with Gasteiger partial charge in [-0.25, -0.2) is 0 Å². The van der Waals surface area contributed by atoms with Gasteiger partial charge >= 0.3 is 0 Å². The molecule has 1 N–H and O–H groups in total. The molecule has 3 aromatic rings. The molecular weight excluding hydrogens is 464 g/mol. The van der Waals surface area contributed by atoms with E-state index in [1.54, 1.807) is 6.07 Å². The summed E-state index contributed by atoms with van der Waals surface area (Å²) >= 11 is 0. The summed E-state index contributed by atoms with van der Waals surface area (Å²) in [6, 6.07) is 11.7. The van der Waals surface area contributed by atoms with Gasteiger partial charge in [0.05, 0.1) is 24.3 Å². The second-order valence-electron chi connectivity index (χ2n) is 11.1. The third kappa shape index (κ3) is 3.80. The van der Waals surface area contributed by atoms with Gasteiger partial charge in [-0.1, -0.05) is 38.8 Å².